The summed E-state index contributed by atoms with van der Waals surface area (Å²) in [7, 11) is 0. The maximum atomic E-state index is 13.8. The highest BCUT2D eigenvalue weighted by Crippen LogP contribution is 2.36. The van der Waals surface area contributed by atoms with Gasteiger partial charge in [-0.15, -0.1) is 0 Å². The highest BCUT2D eigenvalue weighted by atomic mass is 19.4. The van der Waals surface area contributed by atoms with E-state index in [4.69, 9.17) is 4.74 Å². The van der Waals surface area contributed by atoms with Crippen LogP contribution in [0.25, 0.3) is 0 Å². The summed E-state index contributed by atoms with van der Waals surface area (Å²) in [4.78, 5) is 35.7. The van der Waals surface area contributed by atoms with Gasteiger partial charge in [0.15, 0.2) is 0 Å². The molecule has 2 heterocycles. The van der Waals surface area contributed by atoms with Crippen LogP contribution < -0.4 is 20.3 Å². The van der Waals surface area contributed by atoms with Crippen molar-refractivity contribution < 1.29 is 27.5 Å². The highest BCUT2D eigenvalue weighted by molar-refractivity contribution is 6.03. The van der Waals surface area contributed by atoms with Gasteiger partial charge in [-0.05, 0) is 61.0 Å². The topological polar surface area (TPSA) is 99.7 Å². The first kappa shape index (κ1) is 27.8. The summed E-state index contributed by atoms with van der Waals surface area (Å²) in [6.45, 7) is 6.95. The molecule has 3 amide bonds. The fourth-order valence-corrected chi connectivity index (χ4v) is 4.35. The zero-order valence-corrected chi connectivity index (χ0v) is 21.8. The van der Waals surface area contributed by atoms with Crippen molar-refractivity contribution in [3.63, 3.8) is 0 Å². The van der Waals surface area contributed by atoms with Gasteiger partial charge in [-0.1, -0.05) is 19.9 Å². The van der Waals surface area contributed by atoms with E-state index in [0.29, 0.717) is 43.3 Å². The number of amides is 3. The Balaban J connectivity index is 1.48. The fourth-order valence-electron chi connectivity index (χ4n) is 4.35. The van der Waals surface area contributed by atoms with Crippen LogP contribution in [-0.2, 0) is 23.9 Å². The van der Waals surface area contributed by atoms with E-state index in [0.717, 1.165) is 11.6 Å². The first-order valence-corrected chi connectivity index (χ1v) is 12.5. The average molecular weight is 543 g/mol. The lowest BCUT2D eigenvalue weighted by Crippen LogP contribution is -2.33. The quantitative estimate of drug-likeness (QED) is 0.380. The molecule has 1 aliphatic heterocycles. The summed E-state index contributed by atoms with van der Waals surface area (Å²) in [5.41, 5.74) is 0.945. The first-order valence-electron chi connectivity index (χ1n) is 12.5. The summed E-state index contributed by atoms with van der Waals surface area (Å²) in [6.07, 6.45) is -2.75. The predicted octanol–water partition coefficient (Wildman–Crippen LogP) is 5.68. The van der Waals surface area contributed by atoms with Crippen LogP contribution in [0.2, 0.25) is 0 Å². The SMILES string of the molecule is CCN(CC)Cc1ccc(NC(=O)N2CCc3cc(Oc4cc(NC(C)=O)ncn4)ccc32)cc1C(F)(F)F. The molecule has 1 aromatic heterocycles. The molecule has 0 radical (unpaired) electrons. The van der Waals surface area contributed by atoms with Crippen molar-refractivity contribution in [3.05, 3.63) is 65.5 Å². The number of aromatic nitrogens is 2. The molecule has 4 rings (SSSR count). The monoisotopic (exact) mass is 542 g/mol. The number of anilines is 3. The second-order valence-corrected chi connectivity index (χ2v) is 8.98. The Bertz CT molecular complexity index is 1360. The second-order valence-electron chi connectivity index (χ2n) is 8.98. The Labute approximate surface area is 224 Å². The van der Waals surface area contributed by atoms with Crippen LogP contribution in [0, 0.1) is 0 Å². The molecule has 0 bridgehead atoms. The van der Waals surface area contributed by atoms with Crippen LogP contribution in [0.4, 0.5) is 35.2 Å². The minimum atomic E-state index is -4.55. The van der Waals surface area contributed by atoms with Gasteiger partial charge in [-0.25, -0.2) is 14.8 Å². The van der Waals surface area contributed by atoms with Crippen LogP contribution >= 0.6 is 0 Å². The molecule has 0 aliphatic carbocycles. The molecule has 0 saturated carbocycles. The molecule has 9 nitrogen and oxygen atoms in total. The third-order valence-electron chi connectivity index (χ3n) is 6.32. The zero-order chi connectivity index (χ0) is 28.2. The predicted molar refractivity (Wildman–Crippen MR) is 141 cm³/mol. The second kappa shape index (κ2) is 11.7. The van der Waals surface area contributed by atoms with Gasteiger partial charge in [0.2, 0.25) is 11.8 Å². The molecule has 0 atom stereocenters. The summed E-state index contributed by atoms with van der Waals surface area (Å²) in [6, 6.07) is 10.0. The molecule has 2 N–H and O–H groups in total. The van der Waals surface area contributed by atoms with Crippen LogP contribution in [0.1, 0.15) is 37.5 Å². The number of halogens is 3. The molecule has 1 aliphatic rings. The highest BCUT2D eigenvalue weighted by Gasteiger charge is 2.34. The van der Waals surface area contributed by atoms with Crippen LogP contribution in [-0.4, -0.2) is 46.4 Å². The third-order valence-corrected chi connectivity index (χ3v) is 6.32. The molecular formula is C27H29F3N6O3. The van der Waals surface area contributed by atoms with Crippen LogP contribution in [0.5, 0.6) is 11.6 Å². The van der Waals surface area contributed by atoms with Crippen molar-refractivity contribution in [1.29, 1.82) is 0 Å². The lowest BCUT2D eigenvalue weighted by molar-refractivity contribution is -0.138. The van der Waals surface area contributed by atoms with Gasteiger partial charge in [-0.2, -0.15) is 13.2 Å². The normalized spacial score (nSPS) is 12.8. The van der Waals surface area contributed by atoms with E-state index in [-0.39, 0.29) is 29.6 Å². The van der Waals surface area contributed by atoms with Gasteiger partial charge in [0.25, 0.3) is 0 Å². The van der Waals surface area contributed by atoms with Crippen molar-refractivity contribution in [3.8, 4) is 11.6 Å². The van der Waals surface area contributed by atoms with Crippen molar-refractivity contribution in [2.75, 3.05) is 35.2 Å². The largest absolute Gasteiger partial charge is 0.439 e. The van der Waals surface area contributed by atoms with Crippen molar-refractivity contribution >= 4 is 29.1 Å². The Kier molecular flexibility index (Phi) is 8.34. The standard InChI is InChI=1S/C27H29F3N6O3/c1-4-35(5-2)15-19-6-7-20(13-22(19)27(28,29)30)34-26(38)36-11-10-18-12-21(8-9-23(18)36)39-25-14-24(31-16-32-25)33-17(3)37/h6-9,12-14,16H,4-5,10-11,15H2,1-3H3,(H,34,38)(H,31,32,33,37). The lowest BCUT2D eigenvalue weighted by atomic mass is 10.1. The van der Waals surface area contributed by atoms with Gasteiger partial charge in [0, 0.05) is 37.5 Å². The van der Waals surface area contributed by atoms with Gasteiger partial charge >= 0.3 is 12.2 Å². The number of hydrogen-bond donors (Lipinski definition) is 2. The molecule has 0 unspecified atom stereocenters. The maximum Gasteiger partial charge on any atom is 0.416 e. The summed E-state index contributed by atoms with van der Waals surface area (Å²) >= 11 is 0. The van der Waals surface area contributed by atoms with Crippen molar-refractivity contribution in [2.45, 2.75) is 39.9 Å². The van der Waals surface area contributed by atoms with E-state index in [1.54, 1.807) is 18.2 Å². The lowest BCUT2D eigenvalue weighted by Gasteiger charge is -2.22. The molecule has 0 spiro atoms. The van der Waals surface area contributed by atoms with E-state index in [1.807, 2.05) is 18.7 Å². The fraction of sp³-hybridized carbons (Fsp3) is 0.333. The first-order chi connectivity index (χ1) is 18.6. The minimum Gasteiger partial charge on any atom is -0.439 e. The summed E-state index contributed by atoms with van der Waals surface area (Å²) in [5, 5.41) is 5.17. The van der Waals surface area contributed by atoms with E-state index in [2.05, 4.69) is 20.6 Å². The van der Waals surface area contributed by atoms with Crippen molar-refractivity contribution in [2.24, 2.45) is 0 Å². The molecule has 3 aromatic rings. The minimum absolute atomic E-state index is 0.0720. The molecule has 206 valence electrons. The number of hydrogen-bond acceptors (Lipinski definition) is 6. The Morgan fingerprint density at radius 2 is 1.82 bits per heavy atom. The number of carbonyl (C=O) groups is 2. The number of benzene rings is 2. The van der Waals surface area contributed by atoms with Gasteiger partial charge in [-0.3, -0.25) is 14.6 Å². The third kappa shape index (κ3) is 6.82. The number of ether oxygens (including phenoxy) is 1. The van der Waals surface area contributed by atoms with Gasteiger partial charge < -0.3 is 15.4 Å². The summed E-state index contributed by atoms with van der Waals surface area (Å²) in [5.74, 6) is 0.723. The van der Waals surface area contributed by atoms with E-state index in [9.17, 15) is 22.8 Å². The number of alkyl halides is 3. The molecule has 12 heteroatoms. The van der Waals surface area contributed by atoms with Gasteiger partial charge in [0.05, 0.1) is 5.56 Å². The van der Waals surface area contributed by atoms with Crippen LogP contribution in [0.15, 0.2) is 48.8 Å². The molecule has 0 saturated heterocycles. The maximum absolute atomic E-state index is 13.8. The van der Waals surface area contributed by atoms with Crippen molar-refractivity contribution in [1.82, 2.24) is 14.9 Å². The summed E-state index contributed by atoms with van der Waals surface area (Å²) < 4.78 is 47.2. The van der Waals surface area contributed by atoms with E-state index < -0.39 is 17.8 Å². The molecule has 0 fully saturated rings. The number of urea groups is 1. The zero-order valence-electron chi connectivity index (χ0n) is 21.8. The average Bonchev–Trinajstić information content (AvgIpc) is 3.30. The molecule has 2 aromatic carbocycles. The Morgan fingerprint density at radius 1 is 1.05 bits per heavy atom. The van der Waals surface area contributed by atoms with Crippen LogP contribution in [0.3, 0.4) is 0 Å². The van der Waals surface area contributed by atoms with E-state index in [1.165, 1.54) is 36.4 Å². The number of fused-ring (bicyclic) bond motifs is 1. The molecular weight excluding hydrogens is 513 g/mol. The Hall–Kier alpha value is -4.19. The van der Waals surface area contributed by atoms with E-state index >= 15 is 0 Å². The number of carbonyl (C=O) groups excluding carboxylic acids is 2. The van der Waals surface area contributed by atoms with Gasteiger partial charge in [0.1, 0.15) is 17.9 Å². The number of rotatable bonds is 8. The Morgan fingerprint density at radius 3 is 2.51 bits per heavy atom. The molecule has 39 heavy (non-hydrogen) atoms. The smallest absolute Gasteiger partial charge is 0.416 e. The number of nitrogens with one attached hydrogen (secondary N) is 2. The number of nitrogens with zero attached hydrogens (tertiary/aromatic N) is 4.